The molecule has 0 aliphatic rings. The van der Waals surface area contributed by atoms with E-state index >= 15 is 0 Å². The third-order valence-corrected chi connectivity index (χ3v) is 5.03. The van der Waals surface area contributed by atoms with Gasteiger partial charge in [-0.1, -0.05) is 18.2 Å². The van der Waals surface area contributed by atoms with Gasteiger partial charge < -0.3 is 4.98 Å². The fraction of sp³-hybridized carbons (Fsp3) is 0. The van der Waals surface area contributed by atoms with Crippen LogP contribution in [0.5, 0.6) is 0 Å². The third kappa shape index (κ3) is 2.02. The average molecular weight is 328 g/mol. The van der Waals surface area contributed by atoms with E-state index in [4.69, 9.17) is 0 Å². The molecule has 0 aliphatic heterocycles. The highest BCUT2D eigenvalue weighted by molar-refractivity contribution is 7.17. The molecular formula is C19H12N4S. The van der Waals surface area contributed by atoms with Gasteiger partial charge in [0.25, 0.3) is 0 Å². The molecule has 4 heterocycles. The summed E-state index contributed by atoms with van der Waals surface area (Å²) >= 11 is 1.64. The van der Waals surface area contributed by atoms with Crippen molar-refractivity contribution in [1.82, 2.24) is 19.9 Å². The number of benzene rings is 1. The van der Waals surface area contributed by atoms with Gasteiger partial charge in [0.15, 0.2) is 0 Å². The van der Waals surface area contributed by atoms with E-state index in [0.717, 1.165) is 38.2 Å². The van der Waals surface area contributed by atoms with Crippen molar-refractivity contribution in [2.75, 3.05) is 0 Å². The number of pyridine rings is 1. The summed E-state index contributed by atoms with van der Waals surface area (Å²) in [5, 5.41) is 4.42. The fourth-order valence-electron chi connectivity index (χ4n) is 3.00. The van der Waals surface area contributed by atoms with E-state index in [1.165, 1.54) is 5.39 Å². The molecule has 24 heavy (non-hydrogen) atoms. The number of thiophene rings is 1. The molecular weight excluding hydrogens is 316 g/mol. The molecule has 0 saturated carbocycles. The van der Waals surface area contributed by atoms with E-state index in [1.54, 1.807) is 23.9 Å². The summed E-state index contributed by atoms with van der Waals surface area (Å²) < 4.78 is 0. The third-order valence-electron chi connectivity index (χ3n) is 4.14. The zero-order valence-corrected chi connectivity index (χ0v) is 13.4. The van der Waals surface area contributed by atoms with Crippen LogP contribution in [0.1, 0.15) is 0 Å². The van der Waals surface area contributed by atoms with Crippen molar-refractivity contribution < 1.29 is 0 Å². The van der Waals surface area contributed by atoms with Crippen molar-refractivity contribution in [3.8, 4) is 22.5 Å². The molecule has 4 nitrogen and oxygen atoms in total. The highest BCUT2D eigenvalue weighted by Gasteiger charge is 2.15. The predicted molar refractivity (Wildman–Crippen MR) is 97.9 cm³/mol. The topological polar surface area (TPSA) is 54.5 Å². The standard InChI is InChI=1S/C19H12N4S/c1-2-7-20-15(3-1)18-17-14(10-24-19(17)23-11-22-18)13-5-4-12-6-8-21-16(12)9-13/h1-11,21H. The Morgan fingerprint density at radius 2 is 1.96 bits per heavy atom. The van der Waals surface area contributed by atoms with Crippen LogP contribution in [0.3, 0.4) is 0 Å². The lowest BCUT2D eigenvalue weighted by atomic mass is 10.0. The van der Waals surface area contributed by atoms with Gasteiger partial charge in [-0.3, -0.25) is 4.98 Å². The first-order valence-corrected chi connectivity index (χ1v) is 8.49. The first-order chi connectivity index (χ1) is 11.9. The molecule has 5 aromatic rings. The fourth-order valence-corrected chi connectivity index (χ4v) is 3.92. The zero-order valence-electron chi connectivity index (χ0n) is 12.6. The molecule has 0 bridgehead atoms. The molecule has 1 N–H and O–H groups in total. The van der Waals surface area contributed by atoms with Crippen molar-refractivity contribution in [2.45, 2.75) is 0 Å². The normalized spacial score (nSPS) is 11.3. The first-order valence-electron chi connectivity index (χ1n) is 7.61. The second-order valence-electron chi connectivity index (χ2n) is 5.55. The number of hydrogen-bond donors (Lipinski definition) is 1. The van der Waals surface area contributed by atoms with Gasteiger partial charge in [0.05, 0.1) is 5.69 Å². The Morgan fingerprint density at radius 3 is 2.88 bits per heavy atom. The van der Waals surface area contributed by atoms with Crippen LogP contribution in [-0.4, -0.2) is 19.9 Å². The molecule has 0 amide bonds. The van der Waals surface area contributed by atoms with Crippen LogP contribution in [0.25, 0.3) is 43.6 Å². The maximum Gasteiger partial charge on any atom is 0.127 e. The second-order valence-corrected chi connectivity index (χ2v) is 6.40. The highest BCUT2D eigenvalue weighted by atomic mass is 32.1. The monoisotopic (exact) mass is 328 g/mol. The Kier molecular flexibility index (Phi) is 2.93. The summed E-state index contributed by atoms with van der Waals surface area (Å²) in [6.45, 7) is 0. The van der Waals surface area contributed by atoms with Crippen molar-refractivity contribution in [3.63, 3.8) is 0 Å². The lowest BCUT2D eigenvalue weighted by Gasteiger charge is -2.05. The number of nitrogens with zero attached hydrogens (tertiary/aromatic N) is 3. The van der Waals surface area contributed by atoms with E-state index in [-0.39, 0.29) is 0 Å². The van der Waals surface area contributed by atoms with Crippen LogP contribution in [0.4, 0.5) is 0 Å². The van der Waals surface area contributed by atoms with Crippen molar-refractivity contribution >= 4 is 32.5 Å². The Labute approximate surface area is 141 Å². The van der Waals surface area contributed by atoms with E-state index in [9.17, 15) is 0 Å². The summed E-state index contributed by atoms with van der Waals surface area (Å²) in [7, 11) is 0. The lowest BCUT2D eigenvalue weighted by Crippen LogP contribution is -1.90. The maximum absolute atomic E-state index is 4.51. The minimum atomic E-state index is 0.866. The summed E-state index contributed by atoms with van der Waals surface area (Å²) in [5.41, 5.74) is 5.17. The lowest BCUT2D eigenvalue weighted by molar-refractivity contribution is 1.20. The van der Waals surface area contributed by atoms with Crippen LogP contribution in [0.2, 0.25) is 0 Å². The molecule has 0 aliphatic carbocycles. The molecule has 4 aromatic heterocycles. The van der Waals surface area contributed by atoms with Gasteiger partial charge >= 0.3 is 0 Å². The van der Waals surface area contributed by atoms with Gasteiger partial charge in [-0.15, -0.1) is 11.3 Å². The number of hydrogen-bond acceptors (Lipinski definition) is 4. The molecule has 5 heteroatoms. The van der Waals surface area contributed by atoms with E-state index in [2.05, 4.69) is 49.6 Å². The molecule has 0 radical (unpaired) electrons. The first kappa shape index (κ1) is 13.4. The van der Waals surface area contributed by atoms with Crippen LogP contribution in [-0.2, 0) is 0 Å². The number of rotatable bonds is 2. The van der Waals surface area contributed by atoms with Crippen molar-refractivity contribution in [3.05, 3.63) is 66.6 Å². The number of nitrogens with one attached hydrogen (secondary N) is 1. The largest absolute Gasteiger partial charge is 0.361 e. The smallest absolute Gasteiger partial charge is 0.127 e. The molecule has 0 spiro atoms. The summed E-state index contributed by atoms with van der Waals surface area (Å²) in [6.07, 6.45) is 5.36. The van der Waals surface area contributed by atoms with E-state index < -0.39 is 0 Å². The van der Waals surface area contributed by atoms with Gasteiger partial charge in [0.1, 0.15) is 16.9 Å². The average Bonchev–Trinajstić information content (AvgIpc) is 3.28. The highest BCUT2D eigenvalue weighted by Crippen LogP contribution is 2.38. The van der Waals surface area contributed by atoms with Gasteiger partial charge in [0, 0.05) is 34.2 Å². The van der Waals surface area contributed by atoms with Crippen molar-refractivity contribution in [1.29, 1.82) is 0 Å². The second kappa shape index (κ2) is 5.25. The van der Waals surface area contributed by atoms with Crippen LogP contribution >= 0.6 is 11.3 Å². The van der Waals surface area contributed by atoms with Crippen LogP contribution < -0.4 is 0 Å². The Morgan fingerprint density at radius 1 is 0.958 bits per heavy atom. The molecule has 114 valence electrons. The molecule has 1 aromatic carbocycles. The van der Waals surface area contributed by atoms with Gasteiger partial charge in [0.2, 0.25) is 0 Å². The minimum Gasteiger partial charge on any atom is -0.361 e. The molecule has 0 saturated heterocycles. The predicted octanol–water partition coefficient (Wildman–Crippen LogP) is 4.90. The van der Waals surface area contributed by atoms with Crippen molar-refractivity contribution in [2.24, 2.45) is 0 Å². The maximum atomic E-state index is 4.51. The number of aromatic nitrogens is 4. The SMILES string of the molecule is c1ccc(-c2ncnc3scc(-c4ccc5cc[nH]c5c4)c23)nc1. The molecule has 5 rings (SSSR count). The summed E-state index contributed by atoms with van der Waals surface area (Å²) in [6, 6.07) is 14.4. The molecule has 0 fully saturated rings. The molecule has 0 unspecified atom stereocenters. The minimum absolute atomic E-state index is 0.866. The van der Waals surface area contributed by atoms with Gasteiger partial charge in [-0.2, -0.15) is 0 Å². The Hall–Kier alpha value is -3.05. The zero-order chi connectivity index (χ0) is 15.9. The quantitative estimate of drug-likeness (QED) is 0.501. The number of fused-ring (bicyclic) bond motifs is 2. The van der Waals surface area contributed by atoms with Gasteiger partial charge in [-0.05, 0) is 35.2 Å². The summed E-state index contributed by atoms with van der Waals surface area (Å²) in [4.78, 5) is 17.7. The van der Waals surface area contributed by atoms with Gasteiger partial charge in [-0.25, -0.2) is 9.97 Å². The Balaban J connectivity index is 1.80. The molecule has 0 atom stereocenters. The number of H-pyrrole nitrogens is 1. The Bertz CT molecular complexity index is 1160. The van der Waals surface area contributed by atoms with Crippen LogP contribution in [0.15, 0.2) is 66.6 Å². The summed E-state index contributed by atoms with van der Waals surface area (Å²) in [5.74, 6) is 0. The van der Waals surface area contributed by atoms with Crippen LogP contribution in [0, 0.1) is 0 Å². The van der Waals surface area contributed by atoms with E-state index in [1.807, 2.05) is 24.4 Å². The number of aromatic amines is 1. The van der Waals surface area contributed by atoms with E-state index in [0.29, 0.717) is 0 Å².